The third-order valence-electron chi connectivity index (χ3n) is 1.35. The number of aryl methyl sites for hydroxylation is 2. The van der Waals surface area contributed by atoms with Gasteiger partial charge < -0.3 is 5.11 Å². The predicted molar refractivity (Wildman–Crippen MR) is 52.0 cm³/mol. The molecule has 0 heterocycles. The third kappa shape index (κ3) is 5.89. The number of aromatic hydroxyl groups is 1. The number of allylic oxidation sites excluding steroid dienone is 1. The molecule has 0 aromatic heterocycles. The molecule has 69 valence electrons. The van der Waals surface area contributed by atoms with Crippen LogP contribution >= 0.6 is 0 Å². The topological polar surface area (TPSA) is 20.2 Å². The maximum atomic E-state index is 9.19. The fourth-order valence-corrected chi connectivity index (χ4v) is 0.739. The zero-order valence-corrected chi connectivity index (χ0v) is 11.0. The molecule has 0 fully saturated rings. The summed E-state index contributed by atoms with van der Waals surface area (Å²) in [5.74, 6) is 0.383. The van der Waals surface area contributed by atoms with Gasteiger partial charge >= 0.3 is 0 Å². The summed E-state index contributed by atoms with van der Waals surface area (Å²) in [6, 6.07) is 6.44. The first kappa shape index (κ1) is 15.2. The van der Waals surface area contributed by atoms with Crippen molar-refractivity contribution in [2.75, 3.05) is 0 Å². The van der Waals surface area contributed by atoms with E-state index >= 15 is 0 Å². The number of phenolic OH excluding ortho intramolecular Hbond substituents is 1. The summed E-state index contributed by atoms with van der Waals surface area (Å²) in [4.78, 5) is 0. The van der Waals surface area contributed by atoms with E-state index in [4.69, 9.17) is 0 Å². The number of rotatable bonds is 0. The van der Waals surface area contributed by atoms with Crippen LogP contribution in [0.1, 0.15) is 11.1 Å². The van der Waals surface area contributed by atoms with Crippen molar-refractivity contribution in [2.24, 2.45) is 0 Å². The summed E-state index contributed by atoms with van der Waals surface area (Å²) in [6.45, 7) is 10.2. The van der Waals surface area contributed by atoms with E-state index in [1.165, 1.54) is 6.08 Å². The van der Waals surface area contributed by atoms with Crippen molar-refractivity contribution in [2.45, 2.75) is 13.8 Å². The molecule has 0 bridgehead atoms. The largest absolute Gasteiger partial charge is 0.533 e. The van der Waals surface area contributed by atoms with Gasteiger partial charge in [-0.3, -0.25) is 0 Å². The van der Waals surface area contributed by atoms with E-state index in [0.29, 0.717) is 5.75 Å². The Bertz CT molecular complexity index is 236. The second-order valence-corrected chi connectivity index (χ2v) is 2.46. The number of phenols is 1. The molecule has 0 aliphatic carbocycles. The van der Waals surface area contributed by atoms with Crippen molar-refractivity contribution in [1.29, 1.82) is 0 Å². The first-order chi connectivity index (χ1) is 5.63. The van der Waals surface area contributed by atoms with Crippen LogP contribution < -0.4 is 0 Å². The van der Waals surface area contributed by atoms with Crippen molar-refractivity contribution < 1.29 is 37.8 Å². The van der Waals surface area contributed by atoms with Crippen molar-refractivity contribution in [3.05, 3.63) is 48.9 Å². The van der Waals surface area contributed by atoms with Gasteiger partial charge in [0.2, 0.25) is 0 Å². The Balaban J connectivity index is 0. The van der Waals surface area contributed by atoms with Crippen LogP contribution in [-0.4, -0.2) is 5.11 Å². The Hall–Kier alpha value is -0.266. The molecule has 1 radical (unpaired) electrons. The van der Waals surface area contributed by atoms with E-state index in [1.807, 2.05) is 13.8 Å². The van der Waals surface area contributed by atoms with Gasteiger partial charge in [0.25, 0.3) is 0 Å². The van der Waals surface area contributed by atoms with Crippen LogP contribution in [0.2, 0.25) is 0 Å². The van der Waals surface area contributed by atoms with Crippen LogP contribution in [0.3, 0.4) is 0 Å². The molecule has 1 rings (SSSR count). The molecule has 0 unspecified atom stereocenters. The molecule has 0 saturated heterocycles. The second-order valence-electron chi connectivity index (χ2n) is 2.46. The minimum absolute atomic E-state index is 0. The van der Waals surface area contributed by atoms with Crippen LogP contribution in [0.25, 0.3) is 0 Å². The minimum Gasteiger partial charge on any atom is -0.533 e. The predicted octanol–water partition coefficient (Wildman–Crippen LogP) is 2.81. The molecule has 1 aromatic carbocycles. The van der Waals surface area contributed by atoms with Gasteiger partial charge in [-0.05, 0) is 0 Å². The summed E-state index contributed by atoms with van der Waals surface area (Å²) < 4.78 is 0. The van der Waals surface area contributed by atoms with Gasteiger partial charge in [0.1, 0.15) is 0 Å². The summed E-state index contributed by atoms with van der Waals surface area (Å²) in [5, 5.41) is 9.19. The number of benzene rings is 1. The molecule has 2 heteroatoms. The van der Waals surface area contributed by atoms with E-state index in [0.717, 1.165) is 11.1 Å². The van der Waals surface area contributed by atoms with Gasteiger partial charge in [0.15, 0.2) is 0 Å². The van der Waals surface area contributed by atoms with E-state index in [-0.39, 0.29) is 32.7 Å². The SMILES string of the molecule is C=C[CH2-].Cc1c[c-]cc(C)c1O.[Y]. The maximum Gasteiger partial charge on any atom is 0.0139 e. The zero-order valence-electron chi connectivity index (χ0n) is 8.17. The molecular formula is C11H14OY-2. The average molecular weight is 251 g/mol. The maximum absolute atomic E-state index is 9.19. The molecule has 0 atom stereocenters. The Kier molecular flexibility index (Phi) is 9.76. The molecule has 1 nitrogen and oxygen atoms in total. The molecule has 0 amide bonds. The van der Waals surface area contributed by atoms with Crippen LogP contribution in [0.4, 0.5) is 0 Å². The Morgan fingerprint density at radius 3 is 1.92 bits per heavy atom. The van der Waals surface area contributed by atoms with Crippen molar-refractivity contribution in [3.8, 4) is 5.75 Å². The molecule has 1 aromatic rings. The van der Waals surface area contributed by atoms with E-state index in [9.17, 15) is 5.11 Å². The van der Waals surface area contributed by atoms with Gasteiger partial charge in [0, 0.05) is 38.5 Å². The summed E-state index contributed by atoms with van der Waals surface area (Å²) in [6.07, 6.45) is 1.50. The summed E-state index contributed by atoms with van der Waals surface area (Å²) in [5.41, 5.74) is 1.77. The quantitative estimate of drug-likeness (QED) is 0.703. The first-order valence-corrected chi connectivity index (χ1v) is 3.69. The van der Waals surface area contributed by atoms with E-state index in [2.05, 4.69) is 19.6 Å². The molecule has 13 heavy (non-hydrogen) atoms. The fraction of sp³-hybridized carbons (Fsp3) is 0.182. The molecule has 0 spiro atoms. The molecule has 0 aliphatic rings. The van der Waals surface area contributed by atoms with Crippen molar-refractivity contribution >= 4 is 0 Å². The normalized spacial score (nSPS) is 7.54. The molecule has 0 aliphatic heterocycles. The minimum atomic E-state index is 0. The van der Waals surface area contributed by atoms with Gasteiger partial charge in [-0.15, -0.1) is 11.1 Å². The second kappa shape index (κ2) is 8.34. The Labute approximate surface area is 106 Å². The average Bonchev–Trinajstić information content (AvgIpc) is 2.02. The van der Waals surface area contributed by atoms with Gasteiger partial charge in [-0.2, -0.15) is 18.2 Å². The van der Waals surface area contributed by atoms with Crippen LogP contribution in [0.5, 0.6) is 5.75 Å². The van der Waals surface area contributed by atoms with E-state index < -0.39 is 0 Å². The van der Waals surface area contributed by atoms with Crippen LogP contribution in [-0.2, 0) is 32.7 Å². The standard InChI is InChI=1S/C8H9O.C3H5.Y/c1-6-4-3-5-7(2)8(6)9;1-3-2;/h4-5,9H,1-2H3;3H,1-2H2;/q2*-1;. The smallest absolute Gasteiger partial charge is 0.0139 e. The number of hydrogen-bond acceptors (Lipinski definition) is 1. The fourth-order valence-electron chi connectivity index (χ4n) is 0.739. The monoisotopic (exact) mass is 251 g/mol. The zero-order chi connectivity index (χ0) is 9.56. The third-order valence-corrected chi connectivity index (χ3v) is 1.35. The Morgan fingerprint density at radius 2 is 1.69 bits per heavy atom. The number of hydrogen-bond donors (Lipinski definition) is 1. The Morgan fingerprint density at radius 1 is 1.38 bits per heavy atom. The van der Waals surface area contributed by atoms with Crippen molar-refractivity contribution in [3.63, 3.8) is 0 Å². The molecule has 1 N–H and O–H groups in total. The first-order valence-electron chi connectivity index (χ1n) is 3.69. The summed E-state index contributed by atoms with van der Waals surface area (Å²) in [7, 11) is 0. The van der Waals surface area contributed by atoms with Gasteiger partial charge in [-0.1, -0.05) is 13.8 Å². The molecule has 0 saturated carbocycles. The summed E-state index contributed by atoms with van der Waals surface area (Å²) >= 11 is 0. The van der Waals surface area contributed by atoms with Gasteiger partial charge in [0.05, 0.1) is 0 Å². The van der Waals surface area contributed by atoms with Crippen LogP contribution in [0.15, 0.2) is 24.8 Å². The molecular weight excluding hydrogens is 237 g/mol. The van der Waals surface area contributed by atoms with E-state index in [1.54, 1.807) is 12.1 Å². The van der Waals surface area contributed by atoms with Crippen molar-refractivity contribution in [1.82, 2.24) is 0 Å². The van der Waals surface area contributed by atoms with Crippen LogP contribution in [0, 0.1) is 26.8 Å². The van der Waals surface area contributed by atoms with Gasteiger partial charge in [-0.25, -0.2) is 19.6 Å².